The van der Waals surface area contributed by atoms with E-state index in [1.807, 2.05) is 0 Å². The van der Waals surface area contributed by atoms with Gasteiger partial charge in [0.15, 0.2) is 11.5 Å². The highest BCUT2D eigenvalue weighted by molar-refractivity contribution is 5.90. The van der Waals surface area contributed by atoms with Gasteiger partial charge in [0.1, 0.15) is 0 Å². The quantitative estimate of drug-likeness (QED) is 0.592. The van der Waals surface area contributed by atoms with Gasteiger partial charge < -0.3 is 14.2 Å². The Morgan fingerprint density at radius 1 is 1.17 bits per heavy atom. The molecule has 0 amide bonds. The maximum absolute atomic E-state index is 12.6. The Morgan fingerprint density at radius 3 is 2.35 bits per heavy atom. The van der Waals surface area contributed by atoms with Gasteiger partial charge in [0.2, 0.25) is 0 Å². The van der Waals surface area contributed by atoms with Crippen LogP contribution in [-0.2, 0) is 9.53 Å². The molecular weight excluding hydrogens is 296 g/mol. The number of hydrogen-bond donors (Lipinski definition) is 0. The van der Waals surface area contributed by atoms with Crippen LogP contribution in [0.3, 0.4) is 0 Å². The molecule has 5 nitrogen and oxygen atoms in total. The molecule has 0 spiro atoms. The zero-order chi connectivity index (χ0) is 17.0. The maximum Gasteiger partial charge on any atom is 0.337 e. The minimum absolute atomic E-state index is 0.207. The van der Waals surface area contributed by atoms with Crippen LogP contribution in [0.1, 0.15) is 49.9 Å². The Kier molecular flexibility index (Phi) is 5.29. The van der Waals surface area contributed by atoms with Gasteiger partial charge in [-0.1, -0.05) is 20.3 Å². The summed E-state index contributed by atoms with van der Waals surface area (Å²) in [5.74, 6) is 0.449. The molecule has 0 N–H and O–H groups in total. The number of esters is 2. The highest BCUT2D eigenvalue weighted by Gasteiger charge is 2.46. The minimum Gasteiger partial charge on any atom is -0.493 e. The van der Waals surface area contributed by atoms with Gasteiger partial charge in [-0.15, -0.1) is 0 Å². The van der Waals surface area contributed by atoms with Gasteiger partial charge in [-0.3, -0.25) is 4.79 Å². The average Bonchev–Trinajstić information content (AvgIpc) is 2.50. The number of hydrogen-bond acceptors (Lipinski definition) is 5. The van der Waals surface area contributed by atoms with Gasteiger partial charge in [-0.2, -0.15) is 0 Å². The molecule has 0 radical (unpaired) electrons. The summed E-state index contributed by atoms with van der Waals surface area (Å²) in [6.45, 7) is 4.22. The summed E-state index contributed by atoms with van der Waals surface area (Å²) < 4.78 is 15.5. The van der Waals surface area contributed by atoms with Crippen molar-refractivity contribution in [2.24, 2.45) is 11.3 Å². The maximum atomic E-state index is 12.6. The summed E-state index contributed by atoms with van der Waals surface area (Å²) >= 11 is 0. The van der Waals surface area contributed by atoms with E-state index in [0.29, 0.717) is 23.0 Å². The van der Waals surface area contributed by atoms with Crippen molar-refractivity contribution in [1.82, 2.24) is 0 Å². The molecule has 126 valence electrons. The van der Waals surface area contributed by atoms with E-state index in [9.17, 15) is 9.59 Å². The number of methoxy groups -OCH3 is 2. The molecule has 1 saturated carbocycles. The monoisotopic (exact) mass is 320 g/mol. The van der Waals surface area contributed by atoms with Crippen LogP contribution >= 0.6 is 0 Å². The van der Waals surface area contributed by atoms with Gasteiger partial charge in [-0.25, -0.2) is 4.79 Å². The lowest BCUT2D eigenvalue weighted by atomic mass is 9.64. The van der Waals surface area contributed by atoms with Gasteiger partial charge in [0.05, 0.1) is 25.2 Å². The number of rotatable bonds is 6. The van der Waals surface area contributed by atoms with Crippen LogP contribution < -0.4 is 9.47 Å². The molecule has 5 heteroatoms. The Balaban J connectivity index is 2.19. The number of ether oxygens (including phenoxy) is 3. The van der Waals surface area contributed by atoms with E-state index < -0.39 is 5.97 Å². The Bertz CT molecular complexity index is 587. The van der Waals surface area contributed by atoms with Crippen molar-refractivity contribution in [3.05, 3.63) is 23.8 Å². The molecule has 1 fully saturated rings. The van der Waals surface area contributed by atoms with Gasteiger partial charge >= 0.3 is 11.9 Å². The molecule has 1 aliphatic rings. The summed E-state index contributed by atoms with van der Waals surface area (Å²) in [5.41, 5.74) is -0.0232. The summed E-state index contributed by atoms with van der Waals surface area (Å²) in [5, 5.41) is 0. The summed E-state index contributed by atoms with van der Waals surface area (Å²) in [7, 11) is 2.79. The molecule has 0 aromatic heterocycles. The van der Waals surface area contributed by atoms with Crippen LogP contribution in [-0.4, -0.2) is 26.2 Å². The average molecular weight is 320 g/mol. The van der Waals surface area contributed by atoms with E-state index in [0.717, 1.165) is 25.7 Å². The van der Waals surface area contributed by atoms with Crippen LogP contribution in [0.25, 0.3) is 0 Å². The lowest BCUT2D eigenvalue weighted by molar-refractivity contribution is -0.153. The second-order valence-corrected chi connectivity index (χ2v) is 6.48. The predicted octanol–water partition coefficient (Wildman–Crippen LogP) is 3.60. The summed E-state index contributed by atoms with van der Waals surface area (Å²) in [6.07, 6.45) is 3.62. The number of benzene rings is 1. The van der Waals surface area contributed by atoms with E-state index in [2.05, 4.69) is 18.6 Å². The third-order valence-electron chi connectivity index (χ3n) is 4.33. The van der Waals surface area contributed by atoms with Crippen molar-refractivity contribution in [3.63, 3.8) is 0 Å². The molecule has 0 heterocycles. The molecule has 0 atom stereocenters. The van der Waals surface area contributed by atoms with Gasteiger partial charge in [-0.05, 0) is 43.4 Å². The molecule has 1 aromatic carbocycles. The molecule has 1 aliphatic carbocycles. The van der Waals surface area contributed by atoms with Crippen molar-refractivity contribution in [2.45, 2.75) is 39.5 Å². The Hall–Kier alpha value is -2.04. The van der Waals surface area contributed by atoms with Crippen LogP contribution in [0.4, 0.5) is 0 Å². The van der Waals surface area contributed by atoms with Crippen LogP contribution in [0.5, 0.6) is 11.5 Å². The first-order valence-electron chi connectivity index (χ1n) is 7.90. The van der Waals surface area contributed by atoms with Crippen LogP contribution in [0, 0.1) is 11.3 Å². The molecule has 2 rings (SSSR count). The minimum atomic E-state index is -0.462. The topological polar surface area (TPSA) is 61.8 Å². The summed E-state index contributed by atoms with van der Waals surface area (Å²) in [4.78, 5) is 24.2. The van der Waals surface area contributed by atoms with Gasteiger partial charge in [0.25, 0.3) is 0 Å². The lowest BCUT2D eigenvalue weighted by Gasteiger charge is -2.40. The van der Waals surface area contributed by atoms with E-state index in [1.54, 1.807) is 12.1 Å². The number of carbonyl (C=O) groups is 2. The first-order valence-corrected chi connectivity index (χ1v) is 7.90. The van der Waals surface area contributed by atoms with Crippen molar-refractivity contribution < 1.29 is 23.8 Å². The summed E-state index contributed by atoms with van der Waals surface area (Å²) in [6, 6.07) is 4.65. The standard InChI is InChI=1S/C18H24O5/c1-12(2)11-18(8-5-9-18)17(20)23-14-7-6-13(16(19)22-4)10-15(14)21-3/h6-7,10,12H,5,8-9,11H2,1-4H3. The molecule has 23 heavy (non-hydrogen) atoms. The lowest BCUT2D eigenvalue weighted by Crippen LogP contribution is -2.42. The fourth-order valence-corrected chi connectivity index (χ4v) is 3.08. The highest BCUT2D eigenvalue weighted by atomic mass is 16.6. The fourth-order valence-electron chi connectivity index (χ4n) is 3.08. The molecule has 0 saturated heterocycles. The molecule has 0 unspecified atom stereocenters. The van der Waals surface area contributed by atoms with Crippen molar-refractivity contribution in [1.29, 1.82) is 0 Å². The van der Waals surface area contributed by atoms with Gasteiger partial charge in [0, 0.05) is 0 Å². The van der Waals surface area contributed by atoms with Crippen LogP contribution in [0.15, 0.2) is 18.2 Å². The second-order valence-electron chi connectivity index (χ2n) is 6.48. The Labute approximate surface area is 136 Å². The first kappa shape index (κ1) is 17.3. The highest BCUT2D eigenvalue weighted by Crippen LogP contribution is 2.47. The molecule has 0 bridgehead atoms. The molecule has 0 aliphatic heterocycles. The second kappa shape index (κ2) is 7.02. The normalized spacial score (nSPS) is 15.7. The third kappa shape index (κ3) is 3.66. The van der Waals surface area contributed by atoms with E-state index in [1.165, 1.54) is 20.3 Å². The van der Waals surface area contributed by atoms with Crippen molar-refractivity contribution in [2.75, 3.05) is 14.2 Å². The number of carbonyl (C=O) groups excluding carboxylic acids is 2. The fraction of sp³-hybridized carbons (Fsp3) is 0.556. The zero-order valence-electron chi connectivity index (χ0n) is 14.2. The third-order valence-corrected chi connectivity index (χ3v) is 4.33. The molecule has 1 aromatic rings. The van der Waals surface area contributed by atoms with E-state index >= 15 is 0 Å². The van der Waals surface area contributed by atoms with Crippen molar-refractivity contribution >= 4 is 11.9 Å². The smallest absolute Gasteiger partial charge is 0.337 e. The predicted molar refractivity (Wildman–Crippen MR) is 85.7 cm³/mol. The van der Waals surface area contributed by atoms with E-state index in [-0.39, 0.29) is 11.4 Å². The first-order chi connectivity index (χ1) is 10.9. The SMILES string of the molecule is COC(=O)c1ccc(OC(=O)C2(CC(C)C)CCC2)c(OC)c1. The zero-order valence-corrected chi connectivity index (χ0v) is 14.2. The van der Waals surface area contributed by atoms with Crippen LogP contribution in [0.2, 0.25) is 0 Å². The van der Waals surface area contributed by atoms with E-state index in [4.69, 9.17) is 9.47 Å². The van der Waals surface area contributed by atoms with Crippen molar-refractivity contribution in [3.8, 4) is 11.5 Å². The Morgan fingerprint density at radius 2 is 1.87 bits per heavy atom. The molecular formula is C18H24O5. The largest absolute Gasteiger partial charge is 0.493 e.